The number of methoxy groups -OCH3 is 2. The molecule has 4 aromatic rings. The number of ether oxygens (including phenoxy) is 2. The van der Waals surface area contributed by atoms with E-state index in [1.807, 2.05) is 95.0 Å². The number of rotatable bonds is 10. The van der Waals surface area contributed by atoms with Crippen molar-refractivity contribution in [1.82, 2.24) is 9.13 Å². The summed E-state index contributed by atoms with van der Waals surface area (Å²) in [5.74, 6) is 3.27. The second-order valence-corrected chi connectivity index (χ2v) is 9.96. The number of aliphatic hydroxyl groups excluding tert-OH is 1. The Labute approximate surface area is 266 Å². The lowest BCUT2D eigenvalue weighted by atomic mass is 10.2. The van der Waals surface area contributed by atoms with E-state index in [4.69, 9.17) is 9.47 Å². The number of aromatic nitrogens is 4. The summed E-state index contributed by atoms with van der Waals surface area (Å²) in [7, 11) is 6.95. The quantitative estimate of drug-likeness (QED) is 0.0946. The minimum atomic E-state index is -0.000138. The summed E-state index contributed by atoms with van der Waals surface area (Å²) >= 11 is 0. The van der Waals surface area contributed by atoms with Gasteiger partial charge in [-0.1, -0.05) is 6.07 Å². The van der Waals surface area contributed by atoms with E-state index in [9.17, 15) is 5.11 Å². The largest absolute Gasteiger partial charge is 0.497 e. The van der Waals surface area contributed by atoms with Gasteiger partial charge in [-0.05, 0) is 40.1 Å². The monoisotopic (exact) mass is 626 g/mol. The fourth-order valence-corrected chi connectivity index (χ4v) is 3.99. The van der Waals surface area contributed by atoms with E-state index >= 15 is 0 Å². The number of nitrogens with zero attached hydrogens (tertiary/aromatic N) is 12. The average Bonchev–Trinajstić information content (AvgIpc) is 3.07. The van der Waals surface area contributed by atoms with Crippen LogP contribution in [0.2, 0.25) is 0 Å². The molecule has 0 radical (unpaired) electrons. The molecule has 0 aliphatic carbocycles. The van der Waals surface area contributed by atoms with Gasteiger partial charge in [0, 0.05) is 58.0 Å². The van der Waals surface area contributed by atoms with Crippen LogP contribution in [0.3, 0.4) is 0 Å². The molecule has 0 bridgehead atoms. The highest BCUT2D eigenvalue weighted by Crippen LogP contribution is 2.15. The predicted molar refractivity (Wildman–Crippen MR) is 170 cm³/mol. The minimum absolute atomic E-state index is 0.000138. The zero-order valence-corrected chi connectivity index (χ0v) is 26.8. The number of hydrogen-bond acceptors (Lipinski definition) is 9. The molecule has 0 saturated carbocycles. The third kappa shape index (κ3) is 9.40. The molecule has 4 heterocycles. The van der Waals surface area contributed by atoms with Crippen molar-refractivity contribution in [3.05, 3.63) is 95.9 Å². The van der Waals surface area contributed by atoms with E-state index in [-0.39, 0.29) is 6.61 Å². The second kappa shape index (κ2) is 16.4. The van der Waals surface area contributed by atoms with E-state index < -0.39 is 0 Å². The fraction of sp³-hybridized carbons (Fsp3) is 0.290. The van der Waals surface area contributed by atoms with Gasteiger partial charge < -0.3 is 23.7 Å². The number of pyridine rings is 4. The Morgan fingerprint density at radius 1 is 0.804 bits per heavy atom. The summed E-state index contributed by atoms with van der Waals surface area (Å²) in [6.45, 7) is 4.33. The van der Waals surface area contributed by atoms with Crippen LogP contribution in [-0.2, 0) is 27.2 Å². The molecule has 0 amide bonds. The molecule has 0 aliphatic rings. The highest BCUT2D eigenvalue weighted by molar-refractivity contribution is 5.80. The molecule has 0 spiro atoms. The van der Waals surface area contributed by atoms with Crippen LogP contribution in [0.4, 0.5) is 11.6 Å². The summed E-state index contributed by atoms with van der Waals surface area (Å²) in [6, 6.07) is 16.7. The number of azo groups is 2. The summed E-state index contributed by atoms with van der Waals surface area (Å²) in [5.41, 5.74) is 2.13. The van der Waals surface area contributed by atoms with Crippen molar-refractivity contribution >= 4 is 23.3 Å². The smallest absolute Gasteiger partial charge is 0.354 e. The topological polar surface area (TPSA) is 155 Å². The first-order chi connectivity index (χ1) is 22.3. The van der Waals surface area contributed by atoms with Crippen LogP contribution >= 0.6 is 0 Å². The third-order valence-electron chi connectivity index (χ3n) is 6.54. The lowest BCUT2D eigenvalue weighted by molar-refractivity contribution is -0.685. The molecule has 15 nitrogen and oxygen atoms in total. The van der Waals surface area contributed by atoms with Gasteiger partial charge in [-0.25, -0.2) is 9.13 Å². The molecule has 0 saturated heterocycles. The molecule has 0 unspecified atom stereocenters. The molecule has 0 aliphatic heterocycles. The lowest BCUT2D eigenvalue weighted by Crippen LogP contribution is -2.35. The molecule has 4 aromatic heterocycles. The van der Waals surface area contributed by atoms with E-state index in [1.165, 1.54) is 0 Å². The van der Waals surface area contributed by atoms with Gasteiger partial charge in [0.25, 0.3) is 0 Å². The Balaban J connectivity index is 1.58. The van der Waals surface area contributed by atoms with Gasteiger partial charge in [0.15, 0.2) is 22.6 Å². The van der Waals surface area contributed by atoms with Crippen molar-refractivity contribution in [2.75, 3.05) is 20.8 Å². The molecule has 0 fully saturated rings. The zero-order chi connectivity index (χ0) is 32.9. The van der Waals surface area contributed by atoms with Gasteiger partial charge in [-0.3, -0.25) is 0 Å². The Morgan fingerprint density at radius 2 is 1.50 bits per heavy atom. The van der Waals surface area contributed by atoms with E-state index in [0.717, 1.165) is 5.56 Å². The Hall–Kier alpha value is -5.70. The average molecular weight is 627 g/mol. The molecule has 1 N–H and O–H groups in total. The predicted octanol–water partition coefficient (Wildman–Crippen LogP) is 3.03. The first kappa shape index (κ1) is 33.2. The van der Waals surface area contributed by atoms with E-state index in [0.29, 0.717) is 58.9 Å². The first-order valence-corrected chi connectivity index (χ1v) is 14.3. The van der Waals surface area contributed by atoms with Gasteiger partial charge in [0.05, 0.1) is 56.6 Å². The molecule has 4 rings (SSSR count). The number of aliphatic hydroxyl groups is 1. The normalized spacial score (nSPS) is 13.3. The number of aryl methyl sites for hydroxylation is 2. The van der Waals surface area contributed by atoms with Crippen molar-refractivity contribution < 1.29 is 23.7 Å². The minimum Gasteiger partial charge on any atom is -0.497 e. The summed E-state index contributed by atoms with van der Waals surface area (Å²) < 4.78 is 18.1. The van der Waals surface area contributed by atoms with E-state index in [1.54, 1.807) is 44.8 Å². The van der Waals surface area contributed by atoms with Crippen LogP contribution in [-0.4, -0.2) is 46.7 Å². The van der Waals surface area contributed by atoms with Crippen molar-refractivity contribution in [2.24, 2.45) is 55.0 Å². The van der Waals surface area contributed by atoms with Gasteiger partial charge in [0.1, 0.15) is 18.0 Å². The number of amidine groups is 2. The van der Waals surface area contributed by atoms with Crippen LogP contribution in [0.5, 0.6) is 11.5 Å². The maximum Gasteiger partial charge on any atom is 0.354 e. The molecule has 0 atom stereocenters. The molecule has 238 valence electrons. The molecule has 0 aromatic carbocycles. The van der Waals surface area contributed by atoms with Gasteiger partial charge in [-0.15, -0.1) is 20.4 Å². The summed E-state index contributed by atoms with van der Waals surface area (Å²) in [5, 5.41) is 43.6. The number of hydrogen-bond donors (Lipinski definition) is 1. The lowest BCUT2D eigenvalue weighted by Gasteiger charge is -2.10. The maximum absolute atomic E-state index is 9.27. The SMILES string of the molecule is COc1cc[n+](C)c(N=NC(C)=NN=c2cc(OC)ccn2Cc2ccn(C)c(=NN=C(C)N=Nc3cccc[n+]3CCO)c2)c1. The first-order valence-electron chi connectivity index (χ1n) is 14.3. The van der Waals surface area contributed by atoms with E-state index in [2.05, 4.69) is 40.9 Å². The van der Waals surface area contributed by atoms with Crippen LogP contribution in [0.1, 0.15) is 19.4 Å². The van der Waals surface area contributed by atoms with Crippen LogP contribution in [0, 0.1) is 0 Å². The van der Waals surface area contributed by atoms with Crippen molar-refractivity contribution in [3.8, 4) is 11.5 Å². The van der Waals surface area contributed by atoms with Gasteiger partial charge in [0.2, 0.25) is 0 Å². The van der Waals surface area contributed by atoms with Crippen molar-refractivity contribution in [2.45, 2.75) is 26.9 Å². The molecule has 15 heteroatoms. The summed E-state index contributed by atoms with van der Waals surface area (Å²) in [4.78, 5) is 0. The summed E-state index contributed by atoms with van der Waals surface area (Å²) in [6.07, 6.45) is 7.45. The molecular formula is C31H38N12O3+2. The van der Waals surface area contributed by atoms with Gasteiger partial charge >= 0.3 is 11.6 Å². The van der Waals surface area contributed by atoms with Crippen molar-refractivity contribution in [3.63, 3.8) is 0 Å². The standard InChI is InChI=1S/C31H38N12O3/c1-23(32-36-28-9-7-8-13-42(28)17-18-44)33-37-29-19-25(10-14-40(29)3)22-43-16-12-27(46-6)21-31(43)39-35-24(2)34-38-30-20-26(45-5)11-15-41(30)4/h7-16,19-21,44H,17-18,22H2,1-6H3/q+2. The van der Waals surface area contributed by atoms with Crippen molar-refractivity contribution in [1.29, 1.82) is 0 Å². The molecule has 46 heavy (non-hydrogen) atoms. The third-order valence-corrected chi connectivity index (χ3v) is 6.54. The molecular weight excluding hydrogens is 588 g/mol. The zero-order valence-electron chi connectivity index (χ0n) is 26.8. The maximum atomic E-state index is 9.27. The second-order valence-electron chi connectivity index (χ2n) is 9.96. The van der Waals surface area contributed by atoms with Crippen LogP contribution in [0.25, 0.3) is 0 Å². The van der Waals surface area contributed by atoms with Crippen LogP contribution < -0.4 is 29.6 Å². The van der Waals surface area contributed by atoms with Gasteiger partial charge in [-0.2, -0.15) is 0 Å². The highest BCUT2D eigenvalue weighted by atomic mass is 16.5. The Morgan fingerprint density at radius 3 is 2.22 bits per heavy atom. The Bertz CT molecular complexity index is 1920. The highest BCUT2D eigenvalue weighted by Gasteiger charge is 2.09. The Kier molecular flexibility index (Phi) is 11.8. The fourth-order valence-electron chi connectivity index (χ4n) is 3.99. The van der Waals surface area contributed by atoms with Crippen LogP contribution in [0.15, 0.2) is 120 Å².